The zero-order valence-electron chi connectivity index (χ0n) is 18.8. The lowest BCUT2D eigenvalue weighted by molar-refractivity contribution is -0.136. The first-order chi connectivity index (χ1) is 16.6. The minimum Gasteiger partial charge on any atom is -0.354 e. The zero-order valence-corrected chi connectivity index (χ0v) is 20.4. The van der Waals surface area contributed by atoms with Gasteiger partial charge in [0.15, 0.2) is 0 Å². The van der Waals surface area contributed by atoms with Gasteiger partial charge >= 0.3 is 0 Å². The first kappa shape index (κ1) is 22.9. The van der Waals surface area contributed by atoms with Crippen molar-refractivity contribution < 1.29 is 9.59 Å². The molecule has 2 aliphatic heterocycles. The molecule has 4 heterocycles. The normalized spacial score (nSPS) is 18.1. The van der Waals surface area contributed by atoms with Gasteiger partial charge in [0.2, 0.25) is 11.8 Å². The predicted molar refractivity (Wildman–Crippen MR) is 135 cm³/mol. The Labute approximate surface area is 208 Å². The summed E-state index contributed by atoms with van der Waals surface area (Å²) in [5.41, 5.74) is 3.27. The monoisotopic (exact) mass is 494 g/mol. The van der Waals surface area contributed by atoms with Crippen LogP contribution in [0.4, 0.5) is 5.69 Å². The average Bonchev–Trinajstić information content (AvgIpc) is 3.47. The molecule has 1 unspecified atom stereocenters. The largest absolute Gasteiger partial charge is 0.354 e. The van der Waals surface area contributed by atoms with E-state index in [9.17, 15) is 9.59 Å². The van der Waals surface area contributed by atoms with Gasteiger partial charge in [0.1, 0.15) is 6.04 Å². The summed E-state index contributed by atoms with van der Waals surface area (Å²) < 4.78 is 0. The standard InChI is InChI=1S/C26H27ClN4O2S/c27-21-5-3-18(4-6-21)17-31-22-9-13-34-24(22)14-23(31)26(33)30-11-7-20(8-12-30)25(32)29-16-19-2-1-10-28-15-19/h1-6,9-10,13,15,20,23H,7-8,11-12,14,16-17H2,(H,29,32). The van der Waals surface area contributed by atoms with Crippen molar-refractivity contribution in [2.24, 2.45) is 5.92 Å². The SMILES string of the molecule is O=C(NCc1cccnc1)C1CCN(C(=O)C2Cc3sccc3N2Cc2ccc(Cl)cc2)CC1. The second-order valence-electron chi connectivity index (χ2n) is 8.88. The number of nitrogens with zero attached hydrogens (tertiary/aromatic N) is 3. The predicted octanol–water partition coefficient (Wildman–Crippen LogP) is 4.28. The van der Waals surface area contributed by atoms with Crippen LogP contribution in [0, 0.1) is 5.92 Å². The number of hydrogen-bond acceptors (Lipinski definition) is 5. The molecular weight excluding hydrogens is 468 g/mol. The number of aromatic nitrogens is 1. The van der Waals surface area contributed by atoms with E-state index in [4.69, 9.17) is 11.6 Å². The fourth-order valence-corrected chi connectivity index (χ4v) is 5.86. The Bertz CT molecular complexity index is 1140. The molecule has 5 rings (SSSR count). The van der Waals surface area contributed by atoms with E-state index in [0.29, 0.717) is 44.0 Å². The van der Waals surface area contributed by atoms with Crippen LogP contribution in [-0.4, -0.2) is 40.8 Å². The highest BCUT2D eigenvalue weighted by atomic mass is 35.5. The molecule has 34 heavy (non-hydrogen) atoms. The molecule has 1 saturated heterocycles. The molecule has 3 aromatic rings. The molecule has 1 fully saturated rings. The third-order valence-electron chi connectivity index (χ3n) is 6.70. The summed E-state index contributed by atoms with van der Waals surface area (Å²) in [6, 6.07) is 13.5. The molecule has 0 aliphatic carbocycles. The zero-order chi connectivity index (χ0) is 23.5. The molecule has 1 atom stereocenters. The highest BCUT2D eigenvalue weighted by molar-refractivity contribution is 7.10. The minimum absolute atomic E-state index is 0.0587. The molecule has 0 radical (unpaired) electrons. The van der Waals surface area contributed by atoms with Gasteiger partial charge in [-0.2, -0.15) is 0 Å². The Balaban J connectivity index is 1.19. The number of halogens is 1. The molecular formula is C26H27ClN4O2S. The smallest absolute Gasteiger partial charge is 0.245 e. The molecule has 0 bridgehead atoms. The molecule has 2 aromatic heterocycles. The molecule has 176 valence electrons. The molecule has 2 aliphatic rings. The lowest BCUT2D eigenvalue weighted by Gasteiger charge is -2.36. The van der Waals surface area contributed by atoms with Gasteiger partial charge in [-0.15, -0.1) is 11.3 Å². The van der Waals surface area contributed by atoms with Crippen molar-refractivity contribution in [3.8, 4) is 0 Å². The maximum Gasteiger partial charge on any atom is 0.245 e. The van der Waals surface area contributed by atoms with Crippen molar-refractivity contribution in [2.45, 2.75) is 38.4 Å². The van der Waals surface area contributed by atoms with Crippen LogP contribution in [0.2, 0.25) is 5.02 Å². The highest BCUT2D eigenvalue weighted by Crippen LogP contribution is 2.38. The summed E-state index contributed by atoms with van der Waals surface area (Å²) >= 11 is 7.77. The molecule has 2 amide bonds. The first-order valence-corrected chi connectivity index (χ1v) is 12.9. The van der Waals surface area contributed by atoms with E-state index in [1.807, 2.05) is 41.3 Å². The maximum absolute atomic E-state index is 13.6. The van der Waals surface area contributed by atoms with Crippen LogP contribution in [0.1, 0.15) is 28.8 Å². The summed E-state index contributed by atoms with van der Waals surface area (Å²) in [6.45, 7) is 2.38. The number of carbonyl (C=O) groups is 2. The fraction of sp³-hybridized carbons (Fsp3) is 0.346. The van der Waals surface area contributed by atoms with Crippen LogP contribution in [-0.2, 0) is 29.1 Å². The van der Waals surface area contributed by atoms with E-state index >= 15 is 0 Å². The Morgan fingerprint density at radius 2 is 1.88 bits per heavy atom. The van der Waals surface area contributed by atoms with Crippen LogP contribution in [0.3, 0.4) is 0 Å². The Hall–Kier alpha value is -2.90. The van der Waals surface area contributed by atoms with E-state index in [2.05, 4.69) is 26.6 Å². The average molecular weight is 495 g/mol. The van der Waals surface area contributed by atoms with Gasteiger partial charge in [0.05, 0.1) is 5.69 Å². The molecule has 1 aromatic carbocycles. The third kappa shape index (κ3) is 4.95. The van der Waals surface area contributed by atoms with Crippen molar-refractivity contribution >= 4 is 40.4 Å². The summed E-state index contributed by atoms with van der Waals surface area (Å²) in [4.78, 5) is 35.7. The summed E-state index contributed by atoms with van der Waals surface area (Å²) in [7, 11) is 0. The number of fused-ring (bicyclic) bond motifs is 1. The number of nitrogens with one attached hydrogen (secondary N) is 1. The third-order valence-corrected chi connectivity index (χ3v) is 7.89. The highest BCUT2D eigenvalue weighted by Gasteiger charge is 2.39. The van der Waals surface area contributed by atoms with Gasteiger partial charge < -0.3 is 15.1 Å². The van der Waals surface area contributed by atoms with Crippen molar-refractivity contribution in [1.82, 2.24) is 15.2 Å². The number of benzene rings is 1. The number of carbonyl (C=O) groups excluding carboxylic acids is 2. The topological polar surface area (TPSA) is 65.5 Å². The molecule has 8 heteroatoms. The van der Waals surface area contributed by atoms with Crippen LogP contribution >= 0.6 is 22.9 Å². The van der Waals surface area contributed by atoms with E-state index in [-0.39, 0.29) is 23.8 Å². The first-order valence-electron chi connectivity index (χ1n) is 11.6. The lowest BCUT2D eigenvalue weighted by atomic mass is 9.95. The number of piperidine rings is 1. The van der Waals surface area contributed by atoms with Crippen LogP contribution < -0.4 is 10.2 Å². The van der Waals surface area contributed by atoms with E-state index in [0.717, 1.165) is 23.2 Å². The van der Waals surface area contributed by atoms with Gasteiger partial charge in [0, 0.05) is 60.8 Å². The number of hydrogen-bond donors (Lipinski definition) is 1. The summed E-state index contributed by atoms with van der Waals surface area (Å²) in [5, 5.41) is 5.82. The molecule has 6 nitrogen and oxygen atoms in total. The Morgan fingerprint density at radius 3 is 2.62 bits per heavy atom. The Kier molecular flexibility index (Phi) is 6.83. The lowest BCUT2D eigenvalue weighted by Crippen LogP contribution is -2.50. The number of likely N-dealkylation sites (tertiary alicyclic amines) is 1. The van der Waals surface area contributed by atoms with Gasteiger partial charge in [-0.1, -0.05) is 29.8 Å². The fourth-order valence-electron chi connectivity index (χ4n) is 4.81. The number of amides is 2. The van der Waals surface area contributed by atoms with E-state index in [1.165, 1.54) is 4.88 Å². The van der Waals surface area contributed by atoms with Crippen LogP contribution in [0.15, 0.2) is 60.2 Å². The Morgan fingerprint density at radius 1 is 1.09 bits per heavy atom. The van der Waals surface area contributed by atoms with Gasteiger partial charge in [-0.3, -0.25) is 14.6 Å². The van der Waals surface area contributed by atoms with Crippen molar-refractivity contribution in [2.75, 3.05) is 18.0 Å². The maximum atomic E-state index is 13.6. The second-order valence-corrected chi connectivity index (χ2v) is 10.3. The van der Waals surface area contributed by atoms with Crippen molar-refractivity contribution in [3.05, 3.63) is 81.3 Å². The number of rotatable bonds is 6. The van der Waals surface area contributed by atoms with Gasteiger partial charge in [-0.25, -0.2) is 0 Å². The number of anilines is 1. The summed E-state index contributed by atoms with van der Waals surface area (Å²) in [5.74, 6) is 0.158. The number of pyridine rings is 1. The quantitative estimate of drug-likeness (QED) is 0.555. The number of thiophene rings is 1. The van der Waals surface area contributed by atoms with Gasteiger partial charge in [0.25, 0.3) is 0 Å². The van der Waals surface area contributed by atoms with E-state index < -0.39 is 0 Å². The minimum atomic E-state index is -0.200. The second kappa shape index (κ2) is 10.2. The van der Waals surface area contributed by atoms with Crippen LogP contribution in [0.25, 0.3) is 0 Å². The van der Waals surface area contributed by atoms with Gasteiger partial charge in [-0.05, 0) is 53.6 Å². The van der Waals surface area contributed by atoms with Crippen molar-refractivity contribution in [3.63, 3.8) is 0 Å². The molecule has 0 spiro atoms. The molecule has 1 N–H and O–H groups in total. The van der Waals surface area contributed by atoms with Crippen LogP contribution in [0.5, 0.6) is 0 Å². The van der Waals surface area contributed by atoms with Crippen molar-refractivity contribution in [1.29, 1.82) is 0 Å². The van der Waals surface area contributed by atoms with E-state index in [1.54, 1.807) is 23.7 Å². The summed E-state index contributed by atoms with van der Waals surface area (Å²) in [6.07, 6.45) is 5.60. The molecule has 0 saturated carbocycles.